The zero-order valence-electron chi connectivity index (χ0n) is 15.6. The monoisotopic (exact) mass is 383 g/mol. The van der Waals surface area contributed by atoms with Gasteiger partial charge in [-0.15, -0.1) is 0 Å². The number of ether oxygens (including phenoxy) is 1. The van der Waals surface area contributed by atoms with Gasteiger partial charge in [0.2, 0.25) is 0 Å². The number of nitrogens with one attached hydrogen (secondary N) is 1. The van der Waals surface area contributed by atoms with Crippen LogP contribution in [-0.4, -0.2) is 15.7 Å². The molecular formula is C21H22ClN3O2. The third kappa shape index (κ3) is 4.89. The van der Waals surface area contributed by atoms with Gasteiger partial charge in [0.05, 0.1) is 23.0 Å². The Morgan fingerprint density at radius 1 is 1.19 bits per heavy atom. The number of amides is 1. The number of rotatable bonds is 6. The van der Waals surface area contributed by atoms with E-state index in [9.17, 15) is 4.79 Å². The maximum absolute atomic E-state index is 12.5. The van der Waals surface area contributed by atoms with E-state index in [0.717, 1.165) is 22.5 Å². The Labute approximate surface area is 163 Å². The van der Waals surface area contributed by atoms with E-state index < -0.39 is 0 Å². The second-order valence-corrected chi connectivity index (χ2v) is 6.91. The fourth-order valence-electron chi connectivity index (χ4n) is 2.79. The lowest BCUT2D eigenvalue weighted by Crippen LogP contribution is -2.24. The largest absolute Gasteiger partial charge is 0.487 e. The van der Waals surface area contributed by atoms with Gasteiger partial charge >= 0.3 is 0 Å². The maximum Gasteiger partial charge on any atom is 0.251 e. The van der Waals surface area contributed by atoms with Crippen LogP contribution in [0.15, 0.2) is 48.5 Å². The number of hydrogen-bond acceptors (Lipinski definition) is 3. The molecule has 0 spiro atoms. The summed E-state index contributed by atoms with van der Waals surface area (Å²) < 4.78 is 7.58. The van der Waals surface area contributed by atoms with Crippen molar-refractivity contribution in [3.63, 3.8) is 0 Å². The number of aryl methyl sites for hydroxylation is 3. The van der Waals surface area contributed by atoms with E-state index in [1.165, 1.54) is 0 Å². The highest BCUT2D eigenvalue weighted by Gasteiger charge is 2.09. The van der Waals surface area contributed by atoms with Gasteiger partial charge in [0, 0.05) is 12.6 Å². The third-order valence-electron chi connectivity index (χ3n) is 4.20. The first-order valence-corrected chi connectivity index (χ1v) is 9.06. The first-order valence-electron chi connectivity index (χ1n) is 8.68. The summed E-state index contributed by atoms with van der Waals surface area (Å²) in [4.78, 5) is 12.5. The number of halogens is 1. The molecule has 0 unspecified atom stereocenters. The Morgan fingerprint density at radius 3 is 2.74 bits per heavy atom. The molecule has 0 aliphatic rings. The van der Waals surface area contributed by atoms with E-state index in [4.69, 9.17) is 16.3 Å². The molecule has 140 valence electrons. The minimum atomic E-state index is -0.135. The lowest BCUT2D eigenvalue weighted by Gasteiger charge is -2.10. The molecule has 0 aliphatic carbocycles. The Kier molecular flexibility index (Phi) is 5.81. The molecule has 1 amide bonds. The minimum Gasteiger partial charge on any atom is -0.487 e. The third-order valence-corrected chi connectivity index (χ3v) is 4.51. The number of carbonyl (C=O) groups excluding carboxylic acids is 1. The van der Waals surface area contributed by atoms with E-state index >= 15 is 0 Å². The van der Waals surface area contributed by atoms with E-state index in [1.807, 2.05) is 63.4 Å². The van der Waals surface area contributed by atoms with Gasteiger partial charge in [0.15, 0.2) is 0 Å². The van der Waals surface area contributed by atoms with Crippen molar-refractivity contribution in [3.8, 4) is 5.75 Å². The van der Waals surface area contributed by atoms with Crippen LogP contribution in [-0.2, 0) is 20.2 Å². The van der Waals surface area contributed by atoms with Gasteiger partial charge < -0.3 is 10.1 Å². The molecule has 1 N–H and O–H groups in total. The summed E-state index contributed by atoms with van der Waals surface area (Å²) in [6, 6.07) is 15.0. The van der Waals surface area contributed by atoms with Crippen molar-refractivity contribution >= 4 is 17.5 Å². The minimum absolute atomic E-state index is 0.135. The average molecular weight is 384 g/mol. The van der Waals surface area contributed by atoms with Crippen molar-refractivity contribution in [3.05, 3.63) is 81.6 Å². The van der Waals surface area contributed by atoms with Gasteiger partial charge in [0.1, 0.15) is 12.4 Å². The Morgan fingerprint density at radius 2 is 2.00 bits per heavy atom. The van der Waals surface area contributed by atoms with Crippen LogP contribution in [0.5, 0.6) is 5.75 Å². The standard InChI is InChI=1S/C21H22ClN3O2/c1-14-7-8-19(22)20(9-14)27-13-16-5-4-6-17(11-16)21(26)23-12-18-10-15(2)24-25(18)3/h4-11H,12-13H2,1-3H3,(H,23,26). The lowest BCUT2D eigenvalue weighted by atomic mass is 10.1. The SMILES string of the molecule is Cc1ccc(Cl)c(OCc2cccc(C(=O)NCc3cc(C)nn3C)c2)c1. The number of hydrogen-bond donors (Lipinski definition) is 1. The molecule has 6 heteroatoms. The zero-order chi connectivity index (χ0) is 19.4. The molecule has 0 bridgehead atoms. The van der Waals surface area contributed by atoms with Crippen LogP contribution < -0.4 is 10.1 Å². The van der Waals surface area contributed by atoms with Crippen LogP contribution in [0.3, 0.4) is 0 Å². The van der Waals surface area contributed by atoms with E-state index in [1.54, 1.807) is 10.7 Å². The summed E-state index contributed by atoms with van der Waals surface area (Å²) in [5.41, 5.74) is 4.44. The first kappa shape index (κ1) is 19.0. The summed E-state index contributed by atoms with van der Waals surface area (Å²) in [7, 11) is 1.86. The Hall–Kier alpha value is -2.79. The molecular weight excluding hydrogens is 362 g/mol. The summed E-state index contributed by atoms with van der Waals surface area (Å²) in [6.07, 6.45) is 0. The summed E-state index contributed by atoms with van der Waals surface area (Å²) >= 11 is 6.16. The fourth-order valence-corrected chi connectivity index (χ4v) is 2.96. The first-order chi connectivity index (χ1) is 12.9. The zero-order valence-corrected chi connectivity index (χ0v) is 16.4. The van der Waals surface area contributed by atoms with Crippen molar-refractivity contribution in [1.82, 2.24) is 15.1 Å². The van der Waals surface area contributed by atoms with E-state index in [-0.39, 0.29) is 5.91 Å². The summed E-state index contributed by atoms with van der Waals surface area (Å²) in [6.45, 7) is 4.67. The quantitative estimate of drug-likeness (QED) is 0.694. The van der Waals surface area contributed by atoms with Gasteiger partial charge in [-0.25, -0.2) is 0 Å². The molecule has 0 atom stereocenters. The average Bonchev–Trinajstić information content (AvgIpc) is 2.98. The number of carbonyl (C=O) groups is 1. The molecule has 0 saturated carbocycles. The molecule has 27 heavy (non-hydrogen) atoms. The molecule has 1 aromatic heterocycles. The topological polar surface area (TPSA) is 56.1 Å². The smallest absolute Gasteiger partial charge is 0.251 e. The van der Waals surface area contributed by atoms with Crippen LogP contribution in [0.2, 0.25) is 5.02 Å². The lowest BCUT2D eigenvalue weighted by molar-refractivity contribution is 0.0950. The van der Waals surface area contributed by atoms with Gasteiger partial charge in [-0.3, -0.25) is 9.48 Å². The van der Waals surface area contributed by atoms with Crippen molar-refractivity contribution in [2.24, 2.45) is 7.05 Å². The number of benzene rings is 2. The molecule has 1 heterocycles. The fraction of sp³-hybridized carbons (Fsp3) is 0.238. The van der Waals surface area contributed by atoms with E-state index in [0.29, 0.717) is 29.5 Å². The normalized spacial score (nSPS) is 10.7. The van der Waals surface area contributed by atoms with Crippen molar-refractivity contribution in [2.45, 2.75) is 27.0 Å². The predicted molar refractivity (Wildman–Crippen MR) is 106 cm³/mol. The van der Waals surface area contributed by atoms with Gasteiger partial charge in [-0.2, -0.15) is 5.10 Å². The van der Waals surface area contributed by atoms with Crippen LogP contribution in [0.25, 0.3) is 0 Å². The summed E-state index contributed by atoms with van der Waals surface area (Å²) in [5, 5.41) is 7.78. The molecule has 0 radical (unpaired) electrons. The number of aromatic nitrogens is 2. The highest BCUT2D eigenvalue weighted by Crippen LogP contribution is 2.26. The highest BCUT2D eigenvalue weighted by atomic mass is 35.5. The van der Waals surface area contributed by atoms with Gasteiger partial charge in [-0.1, -0.05) is 29.8 Å². The highest BCUT2D eigenvalue weighted by molar-refractivity contribution is 6.32. The molecule has 5 nitrogen and oxygen atoms in total. The summed E-state index contributed by atoms with van der Waals surface area (Å²) in [5.74, 6) is 0.502. The van der Waals surface area contributed by atoms with Crippen molar-refractivity contribution in [2.75, 3.05) is 0 Å². The van der Waals surface area contributed by atoms with Crippen LogP contribution in [0.4, 0.5) is 0 Å². The van der Waals surface area contributed by atoms with Crippen LogP contribution in [0, 0.1) is 13.8 Å². The molecule has 0 aliphatic heterocycles. The molecule has 3 aromatic rings. The Balaban J connectivity index is 1.63. The molecule has 2 aromatic carbocycles. The number of nitrogens with zero attached hydrogens (tertiary/aromatic N) is 2. The molecule has 3 rings (SSSR count). The second kappa shape index (κ2) is 8.27. The van der Waals surface area contributed by atoms with Gasteiger partial charge in [0.25, 0.3) is 5.91 Å². The van der Waals surface area contributed by atoms with Crippen molar-refractivity contribution < 1.29 is 9.53 Å². The second-order valence-electron chi connectivity index (χ2n) is 6.51. The van der Waals surface area contributed by atoms with Crippen molar-refractivity contribution in [1.29, 1.82) is 0 Å². The predicted octanol–water partition coefficient (Wildman–Crippen LogP) is 4.20. The van der Waals surface area contributed by atoms with Gasteiger partial charge in [-0.05, 0) is 55.3 Å². The molecule has 0 fully saturated rings. The Bertz CT molecular complexity index is 966. The molecule has 0 saturated heterocycles. The maximum atomic E-state index is 12.5. The van der Waals surface area contributed by atoms with E-state index in [2.05, 4.69) is 10.4 Å². The van der Waals surface area contributed by atoms with Crippen LogP contribution in [0.1, 0.15) is 32.9 Å². The van der Waals surface area contributed by atoms with Crippen LogP contribution >= 0.6 is 11.6 Å².